The molecule has 1 saturated heterocycles. The van der Waals surface area contributed by atoms with Crippen LogP contribution >= 0.6 is 0 Å². The van der Waals surface area contributed by atoms with Gasteiger partial charge in [-0.1, -0.05) is 30.3 Å². The molecule has 0 saturated carbocycles. The summed E-state index contributed by atoms with van der Waals surface area (Å²) in [4.78, 5) is 37.8. The lowest BCUT2D eigenvalue weighted by molar-refractivity contribution is 0.102. The van der Waals surface area contributed by atoms with Gasteiger partial charge in [-0.3, -0.25) is 14.2 Å². The number of aliphatic hydroxyl groups excluding tert-OH is 1. The minimum absolute atomic E-state index is 0.153. The van der Waals surface area contributed by atoms with E-state index in [-0.39, 0.29) is 24.8 Å². The zero-order valence-corrected chi connectivity index (χ0v) is 25.2. The molecule has 0 aliphatic carbocycles. The molecule has 44 heavy (non-hydrogen) atoms. The number of hydrogen-bond donors (Lipinski definition) is 3. The Kier molecular flexibility index (Phi) is 8.82. The van der Waals surface area contributed by atoms with Crippen LogP contribution in [0, 0.1) is 19.7 Å². The van der Waals surface area contributed by atoms with E-state index in [4.69, 9.17) is 9.47 Å². The molecule has 1 aliphatic rings. The Hall–Kier alpha value is -4.58. The van der Waals surface area contributed by atoms with E-state index in [2.05, 4.69) is 10.6 Å². The number of benzene rings is 3. The van der Waals surface area contributed by atoms with Crippen molar-refractivity contribution in [2.75, 3.05) is 25.6 Å². The third-order valence-electron chi connectivity index (χ3n) is 8.17. The molecular weight excluding hydrogens is 567 g/mol. The zero-order valence-electron chi connectivity index (χ0n) is 25.2. The van der Waals surface area contributed by atoms with Gasteiger partial charge in [0.15, 0.2) is 0 Å². The van der Waals surface area contributed by atoms with Gasteiger partial charge in [0, 0.05) is 38.1 Å². The number of methoxy groups -OCH3 is 1. The van der Waals surface area contributed by atoms with Gasteiger partial charge in [-0.15, -0.1) is 0 Å². The predicted octanol–water partition coefficient (Wildman–Crippen LogP) is 3.28. The fourth-order valence-corrected chi connectivity index (χ4v) is 5.55. The van der Waals surface area contributed by atoms with Crippen molar-refractivity contribution in [2.45, 2.75) is 32.5 Å². The first-order valence-electron chi connectivity index (χ1n) is 14.1. The van der Waals surface area contributed by atoms with E-state index in [1.165, 1.54) is 38.0 Å². The Bertz CT molecular complexity index is 1860. The standard InChI is InChI=1S/C33H35FN4O6/c1-18-21(20-12-26(34)24(30(13-20)43-5)14-35-28-16-44-17-29(28)39)8-6-9-22(18)23-10-7-11-27(19(23)2)36-31(40)25-15-37(3)33(42)38(4)32(25)41/h6-13,15,28-29,35,39H,14,16-17H2,1-5H3,(H,36,40)/t28-,29-/m0/s1. The average molecular weight is 603 g/mol. The van der Waals surface area contributed by atoms with Gasteiger partial charge in [0.05, 0.1) is 32.5 Å². The molecule has 5 rings (SSSR count). The summed E-state index contributed by atoms with van der Waals surface area (Å²) in [5, 5.41) is 16.0. The summed E-state index contributed by atoms with van der Waals surface area (Å²) >= 11 is 0. The van der Waals surface area contributed by atoms with Crippen LogP contribution in [-0.2, 0) is 25.4 Å². The highest BCUT2D eigenvalue weighted by molar-refractivity contribution is 6.04. The summed E-state index contributed by atoms with van der Waals surface area (Å²) in [7, 11) is 4.29. The van der Waals surface area contributed by atoms with Crippen LogP contribution < -0.4 is 26.6 Å². The maximum atomic E-state index is 15.5. The number of aryl methyl sites for hydroxylation is 1. The minimum atomic E-state index is -0.683. The molecule has 0 radical (unpaired) electrons. The fourth-order valence-electron chi connectivity index (χ4n) is 5.55. The maximum Gasteiger partial charge on any atom is 0.330 e. The number of rotatable bonds is 8. The number of ether oxygens (including phenoxy) is 2. The molecule has 3 aromatic carbocycles. The number of carbonyl (C=O) groups excluding carboxylic acids is 1. The number of anilines is 1. The highest BCUT2D eigenvalue weighted by atomic mass is 19.1. The molecule has 3 N–H and O–H groups in total. The first-order valence-corrected chi connectivity index (χ1v) is 14.1. The van der Waals surface area contributed by atoms with E-state index in [1.54, 1.807) is 18.2 Å². The molecule has 2 atom stereocenters. The fraction of sp³-hybridized carbons (Fsp3) is 0.303. The van der Waals surface area contributed by atoms with E-state index in [9.17, 15) is 19.5 Å². The van der Waals surface area contributed by atoms with Crippen LogP contribution in [0.5, 0.6) is 5.75 Å². The van der Waals surface area contributed by atoms with Gasteiger partial charge in [-0.05, 0) is 65.4 Å². The normalized spacial score (nSPS) is 16.2. The van der Waals surface area contributed by atoms with Crippen molar-refractivity contribution >= 4 is 11.6 Å². The third kappa shape index (κ3) is 5.81. The monoisotopic (exact) mass is 602 g/mol. The minimum Gasteiger partial charge on any atom is -0.496 e. The van der Waals surface area contributed by atoms with Crippen molar-refractivity contribution in [1.29, 1.82) is 0 Å². The van der Waals surface area contributed by atoms with Gasteiger partial charge in [0.25, 0.3) is 11.5 Å². The van der Waals surface area contributed by atoms with Gasteiger partial charge >= 0.3 is 5.69 Å². The highest BCUT2D eigenvalue weighted by Crippen LogP contribution is 2.37. The summed E-state index contributed by atoms with van der Waals surface area (Å²) in [6, 6.07) is 14.2. The van der Waals surface area contributed by atoms with E-state index >= 15 is 4.39 Å². The molecule has 4 aromatic rings. The Morgan fingerprint density at radius 2 is 1.73 bits per heavy atom. The third-order valence-corrected chi connectivity index (χ3v) is 8.17. The second-order valence-corrected chi connectivity index (χ2v) is 10.9. The van der Waals surface area contributed by atoms with Gasteiger partial charge in [-0.2, -0.15) is 0 Å². The predicted molar refractivity (Wildman–Crippen MR) is 166 cm³/mol. The number of carbonyl (C=O) groups is 1. The quantitative estimate of drug-likeness (QED) is 0.283. The Morgan fingerprint density at radius 1 is 1.05 bits per heavy atom. The number of hydrogen-bond acceptors (Lipinski definition) is 7. The smallest absolute Gasteiger partial charge is 0.330 e. The maximum absolute atomic E-state index is 15.5. The molecular formula is C33H35FN4O6. The molecule has 10 nitrogen and oxygen atoms in total. The van der Waals surface area contributed by atoms with E-state index in [1.807, 2.05) is 38.1 Å². The van der Waals surface area contributed by atoms with E-state index in [0.29, 0.717) is 29.2 Å². The van der Waals surface area contributed by atoms with Crippen LogP contribution in [0.2, 0.25) is 0 Å². The van der Waals surface area contributed by atoms with Gasteiger partial charge in [0.1, 0.15) is 17.1 Å². The highest BCUT2D eigenvalue weighted by Gasteiger charge is 2.26. The molecule has 230 valence electrons. The second-order valence-electron chi connectivity index (χ2n) is 10.9. The number of aromatic nitrogens is 2. The van der Waals surface area contributed by atoms with Crippen LogP contribution in [-0.4, -0.2) is 52.6 Å². The molecule has 11 heteroatoms. The van der Waals surface area contributed by atoms with E-state index in [0.717, 1.165) is 32.4 Å². The molecule has 1 fully saturated rings. The zero-order chi connectivity index (χ0) is 31.7. The number of aliphatic hydroxyl groups is 1. The van der Waals surface area contributed by atoms with Gasteiger partial charge < -0.3 is 29.8 Å². The van der Waals surface area contributed by atoms with Crippen LogP contribution in [0.1, 0.15) is 27.0 Å². The molecule has 0 spiro atoms. The van der Waals surface area contributed by atoms with Crippen molar-refractivity contribution in [3.63, 3.8) is 0 Å². The van der Waals surface area contributed by atoms with Crippen molar-refractivity contribution in [1.82, 2.24) is 14.5 Å². The Morgan fingerprint density at radius 3 is 2.41 bits per heavy atom. The van der Waals surface area contributed by atoms with Gasteiger partial charge in [-0.25, -0.2) is 9.18 Å². The molecule has 2 heterocycles. The Balaban J connectivity index is 1.46. The summed E-state index contributed by atoms with van der Waals surface area (Å²) in [5.41, 5.74) is 4.35. The summed E-state index contributed by atoms with van der Waals surface area (Å²) in [6.45, 7) is 4.58. The lowest BCUT2D eigenvalue weighted by Gasteiger charge is -2.19. The van der Waals surface area contributed by atoms with Crippen LogP contribution in [0.15, 0.2) is 64.3 Å². The summed E-state index contributed by atoms with van der Waals surface area (Å²) < 4.78 is 28.4. The number of nitrogens with one attached hydrogen (secondary N) is 2. The van der Waals surface area contributed by atoms with Crippen molar-refractivity contribution in [3.8, 4) is 28.0 Å². The van der Waals surface area contributed by atoms with Crippen molar-refractivity contribution in [2.24, 2.45) is 14.1 Å². The molecule has 0 unspecified atom stereocenters. The van der Waals surface area contributed by atoms with Crippen molar-refractivity contribution < 1.29 is 23.8 Å². The van der Waals surface area contributed by atoms with Crippen molar-refractivity contribution in [3.05, 3.63) is 104 Å². The summed E-state index contributed by atoms with van der Waals surface area (Å²) in [6.07, 6.45) is 0.582. The SMILES string of the molecule is COc1cc(-c2cccc(-c3cccc(NC(=O)c4cn(C)c(=O)n(C)c4=O)c3C)c2C)cc(F)c1CN[C@H]1COC[C@@H]1O. The first kappa shape index (κ1) is 30.9. The largest absolute Gasteiger partial charge is 0.496 e. The first-order chi connectivity index (χ1) is 21.0. The number of nitrogens with zero attached hydrogens (tertiary/aromatic N) is 2. The molecule has 1 aromatic heterocycles. The Labute approximate surface area is 253 Å². The van der Waals surface area contributed by atoms with Crippen LogP contribution in [0.4, 0.5) is 10.1 Å². The number of amides is 1. The topological polar surface area (TPSA) is 124 Å². The average Bonchev–Trinajstić information content (AvgIpc) is 3.42. The summed E-state index contributed by atoms with van der Waals surface area (Å²) in [5.74, 6) is -0.675. The van der Waals surface area contributed by atoms with Crippen LogP contribution in [0.25, 0.3) is 22.3 Å². The molecule has 1 aliphatic heterocycles. The van der Waals surface area contributed by atoms with Gasteiger partial charge in [0.2, 0.25) is 0 Å². The lowest BCUT2D eigenvalue weighted by atomic mass is 9.90. The molecule has 0 bridgehead atoms. The van der Waals surface area contributed by atoms with Crippen LogP contribution in [0.3, 0.4) is 0 Å². The van der Waals surface area contributed by atoms with E-state index < -0.39 is 29.1 Å². The second kappa shape index (κ2) is 12.6. The molecule has 1 amide bonds. The lowest BCUT2D eigenvalue weighted by Crippen LogP contribution is -2.40. The number of halogens is 1.